The molecule has 3 heteroatoms. The van der Waals surface area contributed by atoms with E-state index in [4.69, 9.17) is 15.3 Å². The van der Waals surface area contributed by atoms with Crippen molar-refractivity contribution in [3.63, 3.8) is 0 Å². The Bertz CT molecular complexity index is 220. The Morgan fingerprint density at radius 3 is 2.82 bits per heavy atom. The molecule has 62 valence electrons. The highest BCUT2D eigenvalue weighted by Gasteiger charge is 2.09. The summed E-state index contributed by atoms with van der Waals surface area (Å²) in [5, 5.41) is 8.62. The van der Waals surface area contributed by atoms with Crippen LogP contribution in [0, 0.1) is 6.92 Å². The summed E-state index contributed by atoms with van der Waals surface area (Å²) >= 11 is 0. The maximum absolute atomic E-state index is 8.62. The zero-order valence-electron chi connectivity index (χ0n) is 6.58. The van der Waals surface area contributed by atoms with Gasteiger partial charge in [-0.2, -0.15) is 0 Å². The third kappa shape index (κ3) is 1.82. The van der Waals surface area contributed by atoms with Gasteiger partial charge in [0.25, 0.3) is 0 Å². The fraction of sp³-hybridized carbons (Fsp3) is 0.500. The second kappa shape index (κ2) is 3.55. The molecule has 1 atom stereocenters. The van der Waals surface area contributed by atoms with E-state index in [0.717, 1.165) is 11.1 Å². The Hall–Kier alpha value is -0.800. The Morgan fingerprint density at radius 2 is 2.36 bits per heavy atom. The Kier molecular flexibility index (Phi) is 2.68. The molecule has 11 heavy (non-hydrogen) atoms. The van der Waals surface area contributed by atoms with E-state index in [0.29, 0.717) is 6.42 Å². The van der Waals surface area contributed by atoms with Crippen molar-refractivity contribution in [2.24, 2.45) is 5.73 Å². The molecule has 0 spiro atoms. The topological polar surface area (TPSA) is 59.4 Å². The van der Waals surface area contributed by atoms with Gasteiger partial charge in [-0.15, -0.1) is 0 Å². The molecule has 3 nitrogen and oxygen atoms in total. The molecular formula is C8H13NO2. The van der Waals surface area contributed by atoms with Gasteiger partial charge in [0, 0.05) is 18.2 Å². The zero-order valence-corrected chi connectivity index (χ0v) is 6.58. The summed E-state index contributed by atoms with van der Waals surface area (Å²) in [5.74, 6) is 0. The predicted molar refractivity (Wildman–Crippen MR) is 42.1 cm³/mol. The molecule has 0 aliphatic rings. The van der Waals surface area contributed by atoms with Crippen LogP contribution in [0.5, 0.6) is 0 Å². The van der Waals surface area contributed by atoms with E-state index in [-0.39, 0.29) is 12.6 Å². The lowest BCUT2D eigenvalue weighted by Gasteiger charge is -2.07. The lowest BCUT2D eigenvalue weighted by atomic mass is 10.1. The third-order valence-corrected chi connectivity index (χ3v) is 1.73. The van der Waals surface area contributed by atoms with Crippen molar-refractivity contribution in [3.8, 4) is 0 Å². The summed E-state index contributed by atoms with van der Waals surface area (Å²) < 4.78 is 4.95. The lowest BCUT2D eigenvalue weighted by Crippen LogP contribution is -2.11. The van der Waals surface area contributed by atoms with Gasteiger partial charge < -0.3 is 15.3 Å². The standard InChI is InChI=1S/C8H13NO2/c1-6-4-11-5-7(6)8(9)2-3-10/h4-5,8,10H,2-3,9H2,1H3/t8-/m1/s1. The van der Waals surface area contributed by atoms with E-state index < -0.39 is 0 Å². The average molecular weight is 155 g/mol. The van der Waals surface area contributed by atoms with Crippen LogP contribution in [0.3, 0.4) is 0 Å². The molecule has 1 heterocycles. The van der Waals surface area contributed by atoms with Gasteiger partial charge in [-0.05, 0) is 18.9 Å². The minimum atomic E-state index is -0.0984. The summed E-state index contributed by atoms with van der Waals surface area (Å²) in [5.41, 5.74) is 7.76. The first-order valence-corrected chi connectivity index (χ1v) is 3.65. The Balaban J connectivity index is 2.67. The minimum absolute atomic E-state index is 0.0984. The van der Waals surface area contributed by atoms with E-state index >= 15 is 0 Å². The van der Waals surface area contributed by atoms with Crippen LogP contribution in [0.2, 0.25) is 0 Å². The van der Waals surface area contributed by atoms with Gasteiger partial charge in [0.15, 0.2) is 0 Å². The Labute approximate surface area is 65.8 Å². The largest absolute Gasteiger partial charge is 0.472 e. The van der Waals surface area contributed by atoms with Crippen LogP contribution in [0.1, 0.15) is 23.6 Å². The molecular weight excluding hydrogens is 142 g/mol. The summed E-state index contributed by atoms with van der Waals surface area (Å²) in [6.45, 7) is 2.06. The highest BCUT2D eigenvalue weighted by Crippen LogP contribution is 2.18. The third-order valence-electron chi connectivity index (χ3n) is 1.73. The van der Waals surface area contributed by atoms with Crippen molar-refractivity contribution in [2.45, 2.75) is 19.4 Å². The molecule has 0 aliphatic heterocycles. The van der Waals surface area contributed by atoms with Crippen LogP contribution < -0.4 is 5.73 Å². The molecule has 0 aliphatic carbocycles. The molecule has 0 unspecified atom stereocenters. The maximum Gasteiger partial charge on any atom is 0.0953 e. The van der Waals surface area contributed by atoms with Crippen molar-refractivity contribution in [3.05, 3.63) is 23.7 Å². The number of hydrogen-bond acceptors (Lipinski definition) is 3. The fourth-order valence-electron chi connectivity index (χ4n) is 1.04. The predicted octanol–water partition coefficient (Wildman–Crippen LogP) is 0.970. The second-order valence-corrected chi connectivity index (χ2v) is 2.63. The molecule has 1 aromatic rings. The SMILES string of the molecule is Cc1cocc1[C@H](N)CCO. The number of aliphatic hydroxyl groups is 1. The maximum atomic E-state index is 8.62. The number of aryl methyl sites for hydroxylation is 1. The minimum Gasteiger partial charge on any atom is -0.472 e. The van der Waals surface area contributed by atoms with Gasteiger partial charge in [0.2, 0.25) is 0 Å². The van der Waals surface area contributed by atoms with Crippen molar-refractivity contribution in [1.82, 2.24) is 0 Å². The van der Waals surface area contributed by atoms with Crippen LogP contribution in [-0.4, -0.2) is 11.7 Å². The van der Waals surface area contributed by atoms with Crippen LogP contribution in [0.25, 0.3) is 0 Å². The molecule has 3 N–H and O–H groups in total. The van der Waals surface area contributed by atoms with Crippen molar-refractivity contribution >= 4 is 0 Å². The first-order valence-electron chi connectivity index (χ1n) is 3.65. The van der Waals surface area contributed by atoms with E-state index in [1.807, 2.05) is 6.92 Å². The first kappa shape index (κ1) is 8.30. The molecule has 0 aromatic carbocycles. The molecule has 0 saturated heterocycles. The number of nitrogens with two attached hydrogens (primary N) is 1. The number of aliphatic hydroxyl groups excluding tert-OH is 1. The molecule has 0 saturated carbocycles. The molecule has 0 amide bonds. The molecule has 1 aromatic heterocycles. The van der Waals surface area contributed by atoms with Gasteiger partial charge >= 0.3 is 0 Å². The first-order chi connectivity index (χ1) is 5.25. The fourth-order valence-corrected chi connectivity index (χ4v) is 1.04. The van der Waals surface area contributed by atoms with Crippen LogP contribution in [0.15, 0.2) is 16.9 Å². The molecule has 1 rings (SSSR count). The van der Waals surface area contributed by atoms with E-state index in [1.54, 1.807) is 12.5 Å². The van der Waals surface area contributed by atoms with Crippen molar-refractivity contribution in [2.75, 3.05) is 6.61 Å². The van der Waals surface area contributed by atoms with Crippen LogP contribution in [-0.2, 0) is 0 Å². The number of rotatable bonds is 3. The summed E-state index contributed by atoms with van der Waals surface area (Å²) in [7, 11) is 0. The number of furan rings is 1. The van der Waals surface area contributed by atoms with Crippen LogP contribution >= 0.6 is 0 Å². The quantitative estimate of drug-likeness (QED) is 0.683. The smallest absolute Gasteiger partial charge is 0.0953 e. The average Bonchev–Trinajstić information content (AvgIpc) is 2.36. The highest BCUT2D eigenvalue weighted by atomic mass is 16.3. The highest BCUT2D eigenvalue weighted by molar-refractivity contribution is 5.22. The molecule has 0 radical (unpaired) electrons. The van der Waals surface area contributed by atoms with Gasteiger partial charge in [0.05, 0.1) is 12.5 Å². The zero-order chi connectivity index (χ0) is 8.27. The van der Waals surface area contributed by atoms with E-state index in [9.17, 15) is 0 Å². The van der Waals surface area contributed by atoms with Crippen LogP contribution in [0.4, 0.5) is 0 Å². The number of hydrogen-bond donors (Lipinski definition) is 2. The van der Waals surface area contributed by atoms with E-state index in [1.165, 1.54) is 0 Å². The van der Waals surface area contributed by atoms with Crippen molar-refractivity contribution in [1.29, 1.82) is 0 Å². The summed E-state index contributed by atoms with van der Waals surface area (Å²) in [6.07, 6.45) is 3.88. The van der Waals surface area contributed by atoms with Gasteiger partial charge in [-0.3, -0.25) is 0 Å². The lowest BCUT2D eigenvalue weighted by molar-refractivity contribution is 0.276. The monoisotopic (exact) mass is 155 g/mol. The summed E-state index contributed by atoms with van der Waals surface area (Å²) in [6, 6.07) is -0.0984. The molecule has 0 fully saturated rings. The van der Waals surface area contributed by atoms with E-state index in [2.05, 4.69) is 0 Å². The molecule has 0 bridgehead atoms. The van der Waals surface area contributed by atoms with Gasteiger partial charge in [-0.1, -0.05) is 0 Å². The summed E-state index contributed by atoms with van der Waals surface area (Å²) in [4.78, 5) is 0. The second-order valence-electron chi connectivity index (χ2n) is 2.63. The van der Waals surface area contributed by atoms with Gasteiger partial charge in [0.1, 0.15) is 0 Å². The normalized spacial score (nSPS) is 13.4. The van der Waals surface area contributed by atoms with Gasteiger partial charge in [-0.25, -0.2) is 0 Å². The Morgan fingerprint density at radius 1 is 1.64 bits per heavy atom. The van der Waals surface area contributed by atoms with Crippen molar-refractivity contribution < 1.29 is 9.52 Å².